The normalized spacial score (nSPS) is 20.7. The van der Waals surface area contributed by atoms with Gasteiger partial charge < -0.3 is 4.90 Å². The van der Waals surface area contributed by atoms with Crippen LogP contribution in [0.25, 0.3) is 0 Å². The summed E-state index contributed by atoms with van der Waals surface area (Å²) in [6, 6.07) is 2.04. The standard InChI is InChI=1S/C14H22BrN3S/c1-5-10-9-18(6-7-19-10)12-8-11(15)16-13(17-12)14(2,3)4/h8,10H,5-7,9H2,1-4H3. The van der Waals surface area contributed by atoms with Gasteiger partial charge in [0.05, 0.1) is 0 Å². The molecule has 1 saturated heterocycles. The Labute approximate surface area is 128 Å². The Balaban J connectivity index is 2.26. The van der Waals surface area contributed by atoms with Crippen molar-refractivity contribution in [3.63, 3.8) is 0 Å². The first-order chi connectivity index (χ1) is 8.90. The van der Waals surface area contributed by atoms with Crippen LogP contribution in [-0.2, 0) is 5.41 Å². The number of aromatic nitrogens is 2. The van der Waals surface area contributed by atoms with Gasteiger partial charge in [-0.15, -0.1) is 0 Å². The molecule has 1 aromatic heterocycles. The van der Waals surface area contributed by atoms with Gasteiger partial charge in [0.15, 0.2) is 0 Å². The Morgan fingerprint density at radius 3 is 2.79 bits per heavy atom. The van der Waals surface area contributed by atoms with Crippen molar-refractivity contribution in [2.24, 2.45) is 0 Å². The molecule has 1 aliphatic heterocycles. The second kappa shape index (κ2) is 6.00. The van der Waals surface area contributed by atoms with Crippen LogP contribution in [0.15, 0.2) is 10.7 Å². The maximum Gasteiger partial charge on any atom is 0.137 e. The van der Waals surface area contributed by atoms with E-state index in [1.165, 1.54) is 12.2 Å². The smallest absolute Gasteiger partial charge is 0.137 e. The third kappa shape index (κ3) is 3.85. The quantitative estimate of drug-likeness (QED) is 0.762. The number of hydrogen-bond acceptors (Lipinski definition) is 4. The van der Waals surface area contributed by atoms with Crippen LogP contribution in [0, 0.1) is 0 Å². The molecule has 0 radical (unpaired) electrons. The van der Waals surface area contributed by atoms with Crippen molar-refractivity contribution < 1.29 is 0 Å². The number of anilines is 1. The molecule has 106 valence electrons. The number of rotatable bonds is 2. The highest BCUT2D eigenvalue weighted by atomic mass is 79.9. The summed E-state index contributed by atoms with van der Waals surface area (Å²) in [5.74, 6) is 3.15. The second-order valence-electron chi connectivity index (χ2n) is 5.97. The molecule has 0 bridgehead atoms. The molecule has 1 atom stereocenters. The van der Waals surface area contributed by atoms with Gasteiger partial charge in [-0.25, -0.2) is 9.97 Å². The van der Waals surface area contributed by atoms with Crippen LogP contribution in [-0.4, -0.2) is 34.1 Å². The Hall–Kier alpha value is -0.290. The average Bonchev–Trinajstić information content (AvgIpc) is 2.37. The maximum atomic E-state index is 4.77. The first-order valence-electron chi connectivity index (χ1n) is 6.81. The fraction of sp³-hybridized carbons (Fsp3) is 0.714. The van der Waals surface area contributed by atoms with E-state index in [4.69, 9.17) is 4.98 Å². The van der Waals surface area contributed by atoms with Crippen molar-refractivity contribution in [1.82, 2.24) is 9.97 Å². The van der Waals surface area contributed by atoms with Crippen molar-refractivity contribution in [2.45, 2.75) is 44.8 Å². The molecule has 1 aliphatic rings. The molecule has 0 saturated carbocycles. The van der Waals surface area contributed by atoms with Gasteiger partial charge in [-0.1, -0.05) is 27.7 Å². The Bertz CT molecular complexity index is 445. The van der Waals surface area contributed by atoms with E-state index in [2.05, 4.69) is 65.3 Å². The summed E-state index contributed by atoms with van der Waals surface area (Å²) in [6.45, 7) is 10.9. The molecule has 3 nitrogen and oxygen atoms in total. The molecule has 1 aromatic rings. The fourth-order valence-corrected chi connectivity index (χ4v) is 3.63. The average molecular weight is 344 g/mol. The highest BCUT2D eigenvalue weighted by Crippen LogP contribution is 2.28. The molecule has 0 N–H and O–H groups in total. The minimum Gasteiger partial charge on any atom is -0.355 e. The molecule has 0 aromatic carbocycles. The molecule has 0 aliphatic carbocycles. The molecule has 2 rings (SSSR count). The lowest BCUT2D eigenvalue weighted by Crippen LogP contribution is -2.38. The summed E-state index contributed by atoms with van der Waals surface area (Å²) in [6.07, 6.45) is 1.22. The van der Waals surface area contributed by atoms with Gasteiger partial charge >= 0.3 is 0 Å². The molecule has 5 heteroatoms. The van der Waals surface area contributed by atoms with Gasteiger partial charge in [-0.3, -0.25) is 0 Å². The van der Waals surface area contributed by atoms with Gasteiger partial charge in [-0.05, 0) is 22.4 Å². The van der Waals surface area contributed by atoms with Gasteiger partial charge in [-0.2, -0.15) is 11.8 Å². The molecule has 1 fully saturated rings. The number of hydrogen-bond donors (Lipinski definition) is 0. The van der Waals surface area contributed by atoms with Crippen LogP contribution < -0.4 is 4.90 Å². The first-order valence-corrected chi connectivity index (χ1v) is 8.66. The molecule has 19 heavy (non-hydrogen) atoms. The van der Waals surface area contributed by atoms with Crippen LogP contribution in [0.1, 0.15) is 39.9 Å². The topological polar surface area (TPSA) is 29.0 Å². The van der Waals surface area contributed by atoms with E-state index < -0.39 is 0 Å². The summed E-state index contributed by atoms with van der Waals surface area (Å²) in [5, 5.41) is 0.723. The monoisotopic (exact) mass is 343 g/mol. The summed E-state index contributed by atoms with van der Waals surface area (Å²) >= 11 is 5.60. The van der Waals surface area contributed by atoms with E-state index in [0.717, 1.165) is 34.6 Å². The lowest BCUT2D eigenvalue weighted by molar-refractivity contribution is 0.541. The van der Waals surface area contributed by atoms with Crippen LogP contribution in [0.2, 0.25) is 0 Å². The lowest BCUT2D eigenvalue weighted by atomic mass is 9.96. The van der Waals surface area contributed by atoms with Crippen molar-refractivity contribution >= 4 is 33.5 Å². The number of thioether (sulfide) groups is 1. The zero-order chi connectivity index (χ0) is 14.0. The Morgan fingerprint density at radius 2 is 2.16 bits per heavy atom. The van der Waals surface area contributed by atoms with Crippen molar-refractivity contribution in [3.8, 4) is 0 Å². The predicted molar refractivity (Wildman–Crippen MR) is 87.2 cm³/mol. The van der Waals surface area contributed by atoms with Gasteiger partial charge in [0.1, 0.15) is 16.2 Å². The third-order valence-electron chi connectivity index (χ3n) is 3.27. The SMILES string of the molecule is CCC1CN(c2cc(Br)nc(C(C)(C)C)n2)CCS1. The summed E-state index contributed by atoms with van der Waals surface area (Å²) in [4.78, 5) is 11.7. The highest BCUT2D eigenvalue weighted by Gasteiger charge is 2.23. The zero-order valence-corrected chi connectivity index (χ0v) is 14.5. The van der Waals surface area contributed by atoms with Crippen LogP contribution in [0.5, 0.6) is 0 Å². The lowest BCUT2D eigenvalue weighted by Gasteiger charge is -2.33. The fourth-order valence-electron chi connectivity index (χ4n) is 2.08. The van der Waals surface area contributed by atoms with Crippen LogP contribution in [0.4, 0.5) is 5.82 Å². The number of nitrogens with zero attached hydrogens (tertiary/aromatic N) is 3. The molecular formula is C14H22BrN3S. The first kappa shape index (κ1) is 15.1. The van der Waals surface area contributed by atoms with E-state index in [1.807, 2.05) is 6.07 Å². The predicted octanol–water partition coefficient (Wildman–Crippen LogP) is 3.87. The Kier molecular flexibility index (Phi) is 4.77. The van der Waals surface area contributed by atoms with E-state index in [9.17, 15) is 0 Å². The van der Waals surface area contributed by atoms with Crippen LogP contribution in [0.3, 0.4) is 0 Å². The van der Waals surface area contributed by atoms with E-state index >= 15 is 0 Å². The summed E-state index contributed by atoms with van der Waals surface area (Å²) < 4.78 is 0.883. The van der Waals surface area contributed by atoms with Gasteiger partial charge in [0.25, 0.3) is 0 Å². The second-order valence-corrected chi connectivity index (χ2v) is 8.19. The zero-order valence-electron chi connectivity index (χ0n) is 12.1. The minimum atomic E-state index is -0.0206. The molecule has 1 unspecified atom stereocenters. The maximum absolute atomic E-state index is 4.77. The van der Waals surface area contributed by atoms with E-state index in [0.29, 0.717) is 0 Å². The molecule has 0 amide bonds. The van der Waals surface area contributed by atoms with Crippen molar-refractivity contribution in [2.75, 3.05) is 23.7 Å². The number of halogens is 1. The van der Waals surface area contributed by atoms with Gasteiger partial charge in [0.2, 0.25) is 0 Å². The minimum absolute atomic E-state index is 0.0206. The third-order valence-corrected chi connectivity index (χ3v) is 5.05. The molecule has 2 heterocycles. The van der Waals surface area contributed by atoms with E-state index in [1.54, 1.807) is 0 Å². The molecule has 0 spiro atoms. The van der Waals surface area contributed by atoms with Crippen molar-refractivity contribution in [3.05, 3.63) is 16.5 Å². The molecular weight excluding hydrogens is 322 g/mol. The largest absolute Gasteiger partial charge is 0.355 e. The highest BCUT2D eigenvalue weighted by molar-refractivity contribution is 9.10. The van der Waals surface area contributed by atoms with Gasteiger partial charge in [0, 0.05) is 35.6 Å². The van der Waals surface area contributed by atoms with E-state index in [-0.39, 0.29) is 5.41 Å². The van der Waals surface area contributed by atoms with Crippen molar-refractivity contribution in [1.29, 1.82) is 0 Å². The summed E-state index contributed by atoms with van der Waals surface area (Å²) in [5.41, 5.74) is -0.0206. The van der Waals surface area contributed by atoms with Crippen LogP contribution >= 0.6 is 27.7 Å². The summed E-state index contributed by atoms with van der Waals surface area (Å²) in [7, 11) is 0. The Morgan fingerprint density at radius 1 is 1.42 bits per heavy atom.